The van der Waals surface area contributed by atoms with E-state index in [0.717, 1.165) is 0 Å². The predicted octanol–water partition coefficient (Wildman–Crippen LogP) is 0.192. The molecule has 6 nitrogen and oxygen atoms in total. The van der Waals surface area contributed by atoms with Gasteiger partial charge in [0.05, 0.1) is 5.92 Å². The molecule has 0 aromatic carbocycles. The molecule has 0 amide bonds. The fourth-order valence-electron chi connectivity index (χ4n) is 1.70. The van der Waals surface area contributed by atoms with Crippen molar-refractivity contribution in [3.63, 3.8) is 0 Å². The summed E-state index contributed by atoms with van der Waals surface area (Å²) in [6.07, 6.45) is 2.22. The second-order valence-electron chi connectivity index (χ2n) is 4.16. The molecule has 0 aromatic heterocycles. The molecular weight excluding hydrogens is 244 g/mol. The SMILES string of the molecule is C=CC(C)NS(=O)(=O)N1CCC(C(=O)O)CC1. The Labute approximate surface area is 101 Å². The van der Waals surface area contributed by atoms with Gasteiger partial charge in [0.2, 0.25) is 0 Å². The van der Waals surface area contributed by atoms with Gasteiger partial charge in [0.25, 0.3) is 10.2 Å². The highest BCUT2D eigenvalue weighted by atomic mass is 32.2. The zero-order valence-electron chi connectivity index (χ0n) is 9.80. The van der Waals surface area contributed by atoms with Crippen molar-refractivity contribution in [2.75, 3.05) is 13.1 Å². The van der Waals surface area contributed by atoms with E-state index in [0.29, 0.717) is 12.8 Å². The van der Waals surface area contributed by atoms with E-state index in [1.807, 2.05) is 0 Å². The number of piperidine rings is 1. The fourth-order valence-corrected chi connectivity index (χ4v) is 3.11. The van der Waals surface area contributed by atoms with Crippen molar-refractivity contribution in [1.82, 2.24) is 9.03 Å². The summed E-state index contributed by atoms with van der Waals surface area (Å²) in [7, 11) is -3.52. The van der Waals surface area contributed by atoms with Crippen LogP contribution in [0, 0.1) is 5.92 Å². The van der Waals surface area contributed by atoms with E-state index in [-0.39, 0.29) is 19.1 Å². The van der Waals surface area contributed by atoms with Crippen LogP contribution >= 0.6 is 0 Å². The Balaban J connectivity index is 2.58. The maximum Gasteiger partial charge on any atom is 0.306 e. The molecule has 0 aromatic rings. The molecule has 0 saturated carbocycles. The minimum absolute atomic E-state index is 0.246. The second kappa shape index (κ2) is 5.61. The average Bonchev–Trinajstić information content (AvgIpc) is 2.28. The molecule has 0 aliphatic carbocycles. The molecule has 2 N–H and O–H groups in total. The number of aliphatic carboxylic acids is 1. The number of carbonyl (C=O) groups is 1. The van der Waals surface area contributed by atoms with Gasteiger partial charge in [-0.3, -0.25) is 4.79 Å². The lowest BCUT2D eigenvalue weighted by molar-refractivity contribution is -0.142. The molecule has 1 fully saturated rings. The van der Waals surface area contributed by atoms with E-state index in [2.05, 4.69) is 11.3 Å². The molecule has 0 bridgehead atoms. The van der Waals surface area contributed by atoms with Crippen LogP contribution in [0.3, 0.4) is 0 Å². The van der Waals surface area contributed by atoms with Crippen molar-refractivity contribution in [3.05, 3.63) is 12.7 Å². The standard InChI is InChI=1S/C10H18N2O4S/c1-3-8(2)11-17(15,16)12-6-4-9(5-7-12)10(13)14/h3,8-9,11H,1,4-7H2,2H3,(H,13,14). The molecule has 98 valence electrons. The minimum Gasteiger partial charge on any atom is -0.481 e. The molecule has 1 heterocycles. The van der Waals surface area contributed by atoms with Crippen molar-refractivity contribution in [1.29, 1.82) is 0 Å². The lowest BCUT2D eigenvalue weighted by Gasteiger charge is -2.29. The molecule has 1 saturated heterocycles. The first-order valence-corrected chi connectivity index (χ1v) is 6.93. The van der Waals surface area contributed by atoms with Crippen molar-refractivity contribution < 1.29 is 18.3 Å². The summed E-state index contributed by atoms with van der Waals surface area (Å²) in [6.45, 7) is 5.68. The Morgan fingerprint density at radius 1 is 1.53 bits per heavy atom. The number of carboxylic acids is 1. The molecule has 1 atom stereocenters. The highest BCUT2D eigenvalue weighted by molar-refractivity contribution is 7.87. The van der Waals surface area contributed by atoms with Crippen LogP contribution in [0.1, 0.15) is 19.8 Å². The third kappa shape index (κ3) is 3.79. The number of carboxylic acid groups (broad SMARTS) is 1. The van der Waals surface area contributed by atoms with E-state index in [4.69, 9.17) is 5.11 Å². The first kappa shape index (κ1) is 14.1. The summed E-state index contributed by atoms with van der Waals surface area (Å²) in [5.74, 6) is -1.28. The monoisotopic (exact) mass is 262 g/mol. The average molecular weight is 262 g/mol. The quantitative estimate of drug-likeness (QED) is 0.693. The van der Waals surface area contributed by atoms with Crippen LogP contribution in [0.4, 0.5) is 0 Å². The maximum absolute atomic E-state index is 11.9. The smallest absolute Gasteiger partial charge is 0.306 e. The first-order valence-electron chi connectivity index (χ1n) is 5.49. The highest BCUT2D eigenvalue weighted by Gasteiger charge is 2.31. The molecule has 0 spiro atoms. The van der Waals surface area contributed by atoms with Gasteiger partial charge in [0, 0.05) is 19.1 Å². The topological polar surface area (TPSA) is 86.7 Å². The van der Waals surface area contributed by atoms with Crippen LogP contribution < -0.4 is 4.72 Å². The van der Waals surface area contributed by atoms with E-state index in [1.54, 1.807) is 6.92 Å². The van der Waals surface area contributed by atoms with Crippen LogP contribution in [-0.2, 0) is 15.0 Å². The van der Waals surface area contributed by atoms with Crippen molar-refractivity contribution in [3.8, 4) is 0 Å². The molecule has 17 heavy (non-hydrogen) atoms. The van der Waals surface area contributed by atoms with Gasteiger partial charge in [-0.25, -0.2) is 0 Å². The zero-order valence-corrected chi connectivity index (χ0v) is 10.6. The van der Waals surface area contributed by atoms with Gasteiger partial charge >= 0.3 is 5.97 Å². The predicted molar refractivity (Wildman–Crippen MR) is 63.6 cm³/mol. The van der Waals surface area contributed by atoms with Gasteiger partial charge in [-0.15, -0.1) is 6.58 Å². The summed E-state index contributed by atoms with van der Waals surface area (Å²) < 4.78 is 27.4. The van der Waals surface area contributed by atoms with Gasteiger partial charge in [0.1, 0.15) is 0 Å². The second-order valence-corrected chi connectivity index (χ2v) is 5.86. The van der Waals surface area contributed by atoms with Crippen LogP contribution in [0.25, 0.3) is 0 Å². The molecule has 0 radical (unpaired) electrons. The number of nitrogens with one attached hydrogen (secondary N) is 1. The Morgan fingerprint density at radius 3 is 2.47 bits per heavy atom. The fraction of sp³-hybridized carbons (Fsp3) is 0.700. The summed E-state index contributed by atoms with van der Waals surface area (Å²) in [5.41, 5.74) is 0. The minimum atomic E-state index is -3.52. The number of hydrogen-bond acceptors (Lipinski definition) is 3. The summed E-state index contributed by atoms with van der Waals surface area (Å²) >= 11 is 0. The molecule has 1 unspecified atom stereocenters. The van der Waals surface area contributed by atoms with Crippen molar-refractivity contribution in [2.45, 2.75) is 25.8 Å². The van der Waals surface area contributed by atoms with E-state index >= 15 is 0 Å². The van der Waals surface area contributed by atoms with Gasteiger partial charge in [-0.05, 0) is 19.8 Å². The Hall–Kier alpha value is -0.920. The molecule has 7 heteroatoms. The van der Waals surface area contributed by atoms with Gasteiger partial charge in [-0.2, -0.15) is 17.4 Å². The lowest BCUT2D eigenvalue weighted by atomic mass is 9.99. The van der Waals surface area contributed by atoms with Crippen LogP contribution in [0.15, 0.2) is 12.7 Å². The largest absolute Gasteiger partial charge is 0.481 e. The van der Waals surface area contributed by atoms with Gasteiger partial charge < -0.3 is 5.11 Å². The Kier molecular flexibility index (Phi) is 4.67. The Morgan fingerprint density at radius 2 is 2.06 bits per heavy atom. The number of hydrogen-bond donors (Lipinski definition) is 2. The third-order valence-corrected chi connectivity index (χ3v) is 4.55. The van der Waals surface area contributed by atoms with Gasteiger partial charge in [0.15, 0.2) is 0 Å². The lowest BCUT2D eigenvalue weighted by Crippen LogP contribution is -2.47. The summed E-state index contributed by atoms with van der Waals surface area (Å²) in [6, 6.07) is -0.336. The third-order valence-electron chi connectivity index (χ3n) is 2.83. The number of nitrogens with zero attached hydrogens (tertiary/aromatic N) is 1. The van der Waals surface area contributed by atoms with E-state index < -0.39 is 22.1 Å². The van der Waals surface area contributed by atoms with Crippen LogP contribution in [-0.4, -0.2) is 42.9 Å². The molecule has 1 aliphatic heterocycles. The summed E-state index contributed by atoms with van der Waals surface area (Å²) in [5, 5.41) is 8.81. The van der Waals surface area contributed by atoms with Crippen LogP contribution in [0.2, 0.25) is 0 Å². The van der Waals surface area contributed by atoms with Crippen molar-refractivity contribution in [2.24, 2.45) is 5.92 Å². The molecule has 1 aliphatic rings. The van der Waals surface area contributed by atoms with Crippen LogP contribution in [0.5, 0.6) is 0 Å². The Bertz CT molecular complexity index is 385. The zero-order chi connectivity index (χ0) is 13.1. The van der Waals surface area contributed by atoms with Gasteiger partial charge in [-0.1, -0.05) is 6.08 Å². The van der Waals surface area contributed by atoms with E-state index in [1.165, 1.54) is 10.4 Å². The first-order chi connectivity index (χ1) is 7.86. The normalized spacial score (nSPS) is 21.0. The van der Waals surface area contributed by atoms with Crippen molar-refractivity contribution >= 4 is 16.2 Å². The van der Waals surface area contributed by atoms with E-state index in [9.17, 15) is 13.2 Å². The molecule has 1 rings (SSSR count). The highest BCUT2D eigenvalue weighted by Crippen LogP contribution is 2.19. The molecular formula is C10H18N2O4S. The number of rotatable bonds is 5. The summed E-state index contributed by atoms with van der Waals surface area (Å²) in [4.78, 5) is 10.7. The maximum atomic E-state index is 11.9.